The standard InChI is InChI=1S/C22H35NO4/c1-8-9-18(24)16-10-12-17(13-11-16)20(26)23(21(2,3)4)15-14-19(25)27-22(5,6)7/h10-13,18,24H,8-9,14-15H2,1-7H3/t18-/m1/s1. The van der Waals surface area contributed by atoms with Crippen molar-refractivity contribution >= 4 is 11.9 Å². The third-order valence-electron chi connectivity index (χ3n) is 4.12. The Bertz CT molecular complexity index is 623. The molecule has 0 aliphatic rings. The fourth-order valence-corrected chi connectivity index (χ4v) is 2.78. The molecule has 0 saturated heterocycles. The number of hydrogen-bond acceptors (Lipinski definition) is 4. The van der Waals surface area contributed by atoms with E-state index in [-0.39, 0.29) is 24.8 Å². The summed E-state index contributed by atoms with van der Waals surface area (Å²) < 4.78 is 5.35. The maximum absolute atomic E-state index is 13.0. The van der Waals surface area contributed by atoms with Crippen LogP contribution in [-0.4, -0.2) is 39.6 Å². The number of amides is 1. The molecule has 0 radical (unpaired) electrons. The third-order valence-corrected chi connectivity index (χ3v) is 4.12. The lowest BCUT2D eigenvalue weighted by atomic mass is 10.0. The summed E-state index contributed by atoms with van der Waals surface area (Å²) in [5.41, 5.74) is 0.383. The summed E-state index contributed by atoms with van der Waals surface area (Å²) in [6.07, 6.45) is 1.22. The van der Waals surface area contributed by atoms with Crippen molar-refractivity contribution in [2.45, 2.75) is 85.0 Å². The van der Waals surface area contributed by atoms with Gasteiger partial charge in [0.2, 0.25) is 0 Å². The van der Waals surface area contributed by atoms with Crippen LogP contribution < -0.4 is 0 Å². The number of aliphatic hydroxyl groups is 1. The second-order valence-corrected chi connectivity index (χ2v) is 8.89. The van der Waals surface area contributed by atoms with Crippen molar-refractivity contribution in [2.24, 2.45) is 0 Å². The number of benzene rings is 1. The molecule has 0 aliphatic carbocycles. The van der Waals surface area contributed by atoms with Crippen LogP contribution in [0.1, 0.15) is 89.8 Å². The van der Waals surface area contributed by atoms with E-state index in [1.54, 1.807) is 29.2 Å². The van der Waals surface area contributed by atoms with Gasteiger partial charge >= 0.3 is 5.97 Å². The predicted octanol–water partition coefficient (Wildman–Crippen LogP) is 4.49. The molecule has 5 nitrogen and oxygen atoms in total. The van der Waals surface area contributed by atoms with Crippen LogP contribution in [0.15, 0.2) is 24.3 Å². The largest absolute Gasteiger partial charge is 0.460 e. The van der Waals surface area contributed by atoms with E-state index >= 15 is 0 Å². The van der Waals surface area contributed by atoms with Gasteiger partial charge in [-0.05, 0) is 65.7 Å². The highest BCUT2D eigenvalue weighted by atomic mass is 16.6. The molecule has 0 saturated carbocycles. The van der Waals surface area contributed by atoms with Crippen molar-refractivity contribution in [1.29, 1.82) is 0 Å². The minimum Gasteiger partial charge on any atom is -0.460 e. The molecule has 152 valence electrons. The Kier molecular flexibility index (Phi) is 8.03. The molecular formula is C22H35NO4. The first-order valence-electron chi connectivity index (χ1n) is 9.67. The first-order chi connectivity index (χ1) is 12.3. The van der Waals surface area contributed by atoms with E-state index in [2.05, 4.69) is 0 Å². The van der Waals surface area contributed by atoms with Gasteiger partial charge in [0.1, 0.15) is 5.60 Å². The van der Waals surface area contributed by atoms with E-state index in [0.717, 1.165) is 12.0 Å². The van der Waals surface area contributed by atoms with Crippen molar-refractivity contribution in [2.75, 3.05) is 6.54 Å². The lowest BCUT2D eigenvalue weighted by Crippen LogP contribution is -2.46. The van der Waals surface area contributed by atoms with Crippen molar-refractivity contribution in [3.05, 3.63) is 35.4 Å². The molecular weight excluding hydrogens is 342 g/mol. The number of esters is 1. The minimum atomic E-state index is -0.539. The van der Waals surface area contributed by atoms with Gasteiger partial charge in [-0.2, -0.15) is 0 Å². The van der Waals surface area contributed by atoms with Gasteiger partial charge in [-0.3, -0.25) is 9.59 Å². The summed E-state index contributed by atoms with van der Waals surface area (Å²) in [5.74, 6) is -0.454. The number of nitrogens with zero attached hydrogens (tertiary/aromatic N) is 1. The van der Waals surface area contributed by atoms with Crippen LogP contribution in [0.5, 0.6) is 0 Å². The molecule has 0 bridgehead atoms. The Balaban J connectivity index is 2.88. The van der Waals surface area contributed by atoms with Crippen LogP contribution in [0.4, 0.5) is 0 Å². The Morgan fingerprint density at radius 1 is 1.07 bits per heavy atom. The molecule has 0 spiro atoms. The second-order valence-electron chi connectivity index (χ2n) is 8.89. The zero-order valence-corrected chi connectivity index (χ0v) is 17.8. The molecule has 0 heterocycles. The van der Waals surface area contributed by atoms with Gasteiger partial charge in [0.25, 0.3) is 5.91 Å². The average Bonchev–Trinajstić information content (AvgIpc) is 2.52. The second kappa shape index (κ2) is 9.36. The van der Waals surface area contributed by atoms with Crippen LogP contribution in [-0.2, 0) is 9.53 Å². The zero-order chi connectivity index (χ0) is 20.8. The summed E-state index contributed by atoms with van der Waals surface area (Å²) in [7, 11) is 0. The van der Waals surface area contributed by atoms with E-state index in [4.69, 9.17) is 4.74 Å². The van der Waals surface area contributed by atoms with E-state index in [1.807, 2.05) is 48.5 Å². The summed E-state index contributed by atoms with van der Waals surface area (Å²) in [6, 6.07) is 7.07. The third kappa shape index (κ3) is 7.71. The Labute approximate surface area is 163 Å². The molecule has 1 amide bonds. The minimum absolute atomic E-state index is 0.136. The molecule has 1 atom stereocenters. The molecule has 0 aromatic heterocycles. The first kappa shape index (κ1) is 23.2. The van der Waals surface area contributed by atoms with Crippen LogP contribution in [0.25, 0.3) is 0 Å². The summed E-state index contributed by atoms with van der Waals surface area (Å²) >= 11 is 0. The van der Waals surface area contributed by atoms with Crippen molar-refractivity contribution in [3.8, 4) is 0 Å². The van der Waals surface area contributed by atoms with Crippen LogP contribution in [0, 0.1) is 0 Å². The highest BCUT2D eigenvalue weighted by Gasteiger charge is 2.28. The molecule has 5 heteroatoms. The van der Waals surface area contributed by atoms with Crippen molar-refractivity contribution < 1.29 is 19.4 Å². The molecule has 0 unspecified atom stereocenters. The van der Waals surface area contributed by atoms with E-state index < -0.39 is 17.2 Å². The number of carbonyl (C=O) groups excluding carboxylic acids is 2. The molecule has 1 rings (SSSR count). The summed E-state index contributed by atoms with van der Waals surface area (Å²) in [4.78, 5) is 26.7. The van der Waals surface area contributed by atoms with Crippen LogP contribution in [0.2, 0.25) is 0 Å². The zero-order valence-electron chi connectivity index (χ0n) is 17.8. The lowest BCUT2D eigenvalue weighted by Gasteiger charge is -2.36. The van der Waals surface area contributed by atoms with E-state index in [9.17, 15) is 14.7 Å². The maximum atomic E-state index is 13.0. The van der Waals surface area contributed by atoms with Gasteiger partial charge in [0.05, 0.1) is 12.5 Å². The Hall–Kier alpha value is -1.88. The lowest BCUT2D eigenvalue weighted by molar-refractivity contribution is -0.155. The Morgan fingerprint density at radius 2 is 1.63 bits per heavy atom. The predicted molar refractivity (Wildman–Crippen MR) is 108 cm³/mol. The highest BCUT2D eigenvalue weighted by molar-refractivity contribution is 5.95. The van der Waals surface area contributed by atoms with Gasteiger partial charge in [-0.25, -0.2) is 0 Å². The van der Waals surface area contributed by atoms with Crippen LogP contribution >= 0.6 is 0 Å². The monoisotopic (exact) mass is 377 g/mol. The number of rotatable bonds is 7. The molecule has 1 aromatic rings. The molecule has 1 N–H and O–H groups in total. The number of carbonyl (C=O) groups is 2. The average molecular weight is 378 g/mol. The van der Waals surface area contributed by atoms with Gasteiger partial charge in [-0.1, -0.05) is 25.5 Å². The Morgan fingerprint density at radius 3 is 2.07 bits per heavy atom. The SMILES string of the molecule is CCC[C@@H](O)c1ccc(C(=O)N(CCC(=O)OC(C)(C)C)C(C)(C)C)cc1. The smallest absolute Gasteiger partial charge is 0.308 e. The molecule has 0 fully saturated rings. The summed E-state index contributed by atoms with van der Waals surface area (Å²) in [6.45, 7) is 13.6. The van der Waals surface area contributed by atoms with Crippen molar-refractivity contribution in [3.63, 3.8) is 0 Å². The fraction of sp³-hybridized carbons (Fsp3) is 0.636. The topological polar surface area (TPSA) is 66.8 Å². The fourth-order valence-electron chi connectivity index (χ4n) is 2.78. The number of ether oxygens (including phenoxy) is 1. The normalized spacial score (nSPS) is 13.2. The van der Waals surface area contributed by atoms with Gasteiger partial charge < -0.3 is 14.7 Å². The first-order valence-corrected chi connectivity index (χ1v) is 9.67. The molecule has 27 heavy (non-hydrogen) atoms. The van der Waals surface area contributed by atoms with Gasteiger partial charge in [0, 0.05) is 17.6 Å². The number of hydrogen-bond donors (Lipinski definition) is 1. The van der Waals surface area contributed by atoms with E-state index in [0.29, 0.717) is 12.0 Å². The molecule has 1 aromatic carbocycles. The quantitative estimate of drug-likeness (QED) is 0.711. The van der Waals surface area contributed by atoms with Crippen LogP contribution in [0.3, 0.4) is 0 Å². The number of aliphatic hydroxyl groups excluding tert-OH is 1. The van der Waals surface area contributed by atoms with E-state index in [1.165, 1.54) is 0 Å². The maximum Gasteiger partial charge on any atom is 0.308 e. The van der Waals surface area contributed by atoms with Gasteiger partial charge in [-0.15, -0.1) is 0 Å². The van der Waals surface area contributed by atoms with Gasteiger partial charge in [0.15, 0.2) is 0 Å². The summed E-state index contributed by atoms with van der Waals surface area (Å²) in [5, 5.41) is 10.1. The van der Waals surface area contributed by atoms with Crippen molar-refractivity contribution in [1.82, 2.24) is 4.90 Å². The molecule has 0 aliphatic heterocycles. The highest BCUT2D eigenvalue weighted by Crippen LogP contribution is 2.22.